The predicted molar refractivity (Wildman–Crippen MR) is 97.0 cm³/mol. The summed E-state index contributed by atoms with van der Waals surface area (Å²) in [5.41, 5.74) is 2.69. The maximum atomic E-state index is 12.9. The first kappa shape index (κ1) is 15.4. The van der Waals surface area contributed by atoms with E-state index in [1.807, 2.05) is 59.5 Å². The third-order valence-corrected chi connectivity index (χ3v) is 4.83. The van der Waals surface area contributed by atoms with E-state index in [4.69, 9.17) is 4.74 Å². The Morgan fingerprint density at radius 3 is 2.83 bits per heavy atom. The van der Waals surface area contributed by atoms with Crippen molar-refractivity contribution in [1.29, 1.82) is 0 Å². The van der Waals surface area contributed by atoms with Crippen LogP contribution in [0.5, 0.6) is 0 Å². The van der Waals surface area contributed by atoms with E-state index in [1.54, 1.807) is 0 Å². The van der Waals surface area contributed by atoms with Crippen molar-refractivity contribution >= 4 is 32.7 Å². The van der Waals surface area contributed by atoms with Crippen LogP contribution in [0.2, 0.25) is 0 Å². The van der Waals surface area contributed by atoms with Crippen molar-refractivity contribution in [2.45, 2.75) is 6.10 Å². The minimum absolute atomic E-state index is 0.0200. The number of H-pyrrole nitrogens is 1. The van der Waals surface area contributed by atoms with Crippen LogP contribution in [0.4, 0.5) is 0 Å². The van der Waals surface area contributed by atoms with Gasteiger partial charge in [-0.25, -0.2) is 0 Å². The Balaban J connectivity index is 1.56. The molecule has 2 heterocycles. The number of benzene rings is 2. The number of halogens is 1. The molecule has 1 aromatic heterocycles. The van der Waals surface area contributed by atoms with Gasteiger partial charge in [-0.3, -0.25) is 4.79 Å². The van der Waals surface area contributed by atoms with Crippen molar-refractivity contribution in [1.82, 2.24) is 9.88 Å². The summed E-state index contributed by atoms with van der Waals surface area (Å²) >= 11 is 3.46. The Hall–Kier alpha value is -2.11. The second kappa shape index (κ2) is 6.42. The molecule has 0 spiro atoms. The average Bonchev–Trinajstić information content (AvgIpc) is 3.05. The van der Waals surface area contributed by atoms with Gasteiger partial charge in [0.25, 0.3) is 5.91 Å². The molecule has 1 N–H and O–H groups in total. The van der Waals surface area contributed by atoms with Crippen molar-refractivity contribution in [2.24, 2.45) is 0 Å². The lowest BCUT2D eigenvalue weighted by Crippen LogP contribution is -2.42. The number of amides is 1. The molecule has 2 aromatic carbocycles. The van der Waals surface area contributed by atoms with E-state index in [1.165, 1.54) is 0 Å². The zero-order valence-electron chi connectivity index (χ0n) is 13.0. The van der Waals surface area contributed by atoms with Crippen LogP contribution < -0.4 is 0 Å². The number of carbonyl (C=O) groups is 1. The van der Waals surface area contributed by atoms with Crippen LogP contribution in [0.1, 0.15) is 22.2 Å². The van der Waals surface area contributed by atoms with E-state index in [2.05, 4.69) is 20.9 Å². The summed E-state index contributed by atoms with van der Waals surface area (Å²) in [6, 6.07) is 17.9. The molecule has 1 unspecified atom stereocenters. The molecule has 4 rings (SSSR count). The number of fused-ring (bicyclic) bond motifs is 1. The van der Waals surface area contributed by atoms with Gasteiger partial charge in [-0.1, -0.05) is 52.3 Å². The summed E-state index contributed by atoms with van der Waals surface area (Å²) in [5, 5.41) is 1.04. The third kappa shape index (κ3) is 2.97. The Morgan fingerprint density at radius 1 is 1.17 bits per heavy atom. The van der Waals surface area contributed by atoms with Gasteiger partial charge < -0.3 is 14.6 Å². The van der Waals surface area contributed by atoms with Crippen LogP contribution >= 0.6 is 15.9 Å². The molecule has 1 aliphatic rings. The summed E-state index contributed by atoms with van der Waals surface area (Å²) in [7, 11) is 0. The Kier molecular flexibility index (Phi) is 4.12. The molecule has 1 aliphatic heterocycles. The third-order valence-electron chi connectivity index (χ3n) is 4.34. The molecular formula is C19H17BrN2O2. The standard InChI is InChI=1S/C19H17BrN2O2/c20-15-7-6-14-10-17(21-16(14)11-15)19(23)22-8-9-24-18(12-22)13-4-2-1-3-5-13/h1-7,10-11,18,21H,8-9,12H2. The van der Waals surface area contributed by atoms with Gasteiger partial charge in [-0.05, 0) is 23.8 Å². The summed E-state index contributed by atoms with van der Waals surface area (Å²) in [6.07, 6.45) is -0.0672. The largest absolute Gasteiger partial charge is 0.370 e. The number of aromatic nitrogens is 1. The molecule has 3 aromatic rings. The van der Waals surface area contributed by atoms with Crippen LogP contribution in [0.3, 0.4) is 0 Å². The van der Waals surface area contributed by atoms with E-state index >= 15 is 0 Å². The van der Waals surface area contributed by atoms with Gasteiger partial charge >= 0.3 is 0 Å². The number of rotatable bonds is 2. The SMILES string of the molecule is O=C(c1cc2ccc(Br)cc2[nH]1)N1CCOC(c2ccccc2)C1. The van der Waals surface area contributed by atoms with Crippen LogP contribution in [0.25, 0.3) is 10.9 Å². The minimum atomic E-state index is -0.0672. The predicted octanol–water partition coefficient (Wildman–Crippen LogP) is 4.14. The Labute approximate surface area is 148 Å². The zero-order valence-corrected chi connectivity index (χ0v) is 14.6. The molecule has 0 aliphatic carbocycles. The Morgan fingerprint density at radius 2 is 2.00 bits per heavy atom. The van der Waals surface area contributed by atoms with E-state index in [0.29, 0.717) is 25.4 Å². The highest BCUT2D eigenvalue weighted by molar-refractivity contribution is 9.10. The van der Waals surface area contributed by atoms with E-state index < -0.39 is 0 Å². The topological polar surface area (TPSA) is 45.3 Å². The lowest BCUT2D eigenvalue weighted by Gasteiger charge is -2.33. The zero-order chi connectivity index (χ0) is 16.5. The maximum Gasteiger partial charge on any atom is 0.270 e. The molecule has 122 valence electrons. The molecule has 0 radical (unpaired) electrons. The molecule has 24 heavy (non-hydrogen) atoms. The quantitative estimate of drug-likeness (QED) is 0.721. The van der Waals surface area contributed by atoms with Crippen molar-refractivity contribution < 1.29 is 9.53 Å². The van der Waals surface area contributed by atoms with Crippen molar-refractivity contribution in [3.8, 4) is 0 Å². The first-order valence-electron chi connectivity index (χ1n) is 7.95. The van der Waals surface area contributed by atoms with Gasteiger partial charge in [0.15, 0.2) is 0 Å². The van der Waals surface area contributed by atoms with Gasteiger partial charge in [0.1, 0.15) is 11.8 Å². The second-order valence-electron chi connectivity index (χ2n) is 5.94. The number of nitrogens with zero attached hydrogens (tertiary/aromatic N) is 1. The van der Waals surface area contributed by atoms with E-state index in [-0.39, 0.29) is 12.0 Å². The highest BCUT2D eigenvalue weighted by Crippen LogP contribution is 2.25. The van der Waals surface area contributed by atoms with Crippen molar-refractivity contribution in [3.63, 3.8) is 0 Å². The first-order chi connectivity index (χ1) is 11.7. The molecule has 1 amide bonds. The number of nitrogens with one attached hydrogen (secondary N) is 1. The smallest absolute Gasteiger partial charge is 0.270 e. The lowest BCUT2D eigenvalue weighted by atomic mass is 10.1. The van der Waals surface area contributed by atoms with E-state index in [9.17, 15) is 4.79 Å². The molecule has 5 heteroatoms. The molecule has 0 bridgehead atoms. The molecule has 0 saturated carbocycles. The number of hydrogen-bond acceptors (Lipinski definition) is 2. The molecule has 1 fully saturated rings. The number of hydrogen-bond donors (Lipinski definition) is 1. The van der Waals surface area contributed by atoms with Crippen LogP contribution in [-0.2, 0) is 4.74 Å². The summed E-state index contributed by atoms with van der Waals surface area (Å²) in [6.45, 7) is 1.74. The minimum Gasteiger partial charge on any atom is -0.370 e. The summed E-state index contributed by atoms with van der Waals surface area (Å²) < 4.78 is 6.84. The van der Waals surface area contributed by atoms with E-state index in [0.717, 1.165) is 20.9 Å². The first-order valence-corrected chi connectivity index (χ1v) is 8.74. The van der Waals surface area contributed by atoms with Crippen LogP contribution in [-0.4, -0.2) is 35.5 Å². The fourth-order valence-corrected chi connectivity index (χ4v) is 3.45. The Bertz CT molecular complexity index is 875. The summed E-state index contributed by atoms with van der Waals surface area (Å²) in [5.74, 6) is 0.0200. The highest BCUT2D eigenvalue weighted by Gasteiger charge is 2.26. The van der Waals surface area contributed by atoms with Gasteiger partial charge in [-0.15, -0.1) is 0 Å². The van der Waals surface area contributed by atoms with Gasteiger partial charge in [0.05, 0.1) is 13.2 Å². The fraction of sp³-hybridized carbons (Fsp3) is 0.211. The average molecular weight is 385 g/mol. The number of carbonyl (C=O) groups excluding carboxylic acids is 1. The fourth-order valence-electron chi connectivity index (χ4n) is 3.09. The second-order valence-corrected chi connectivity index (χ2v) is 6.85. The lowest BCUT2D eigenvalue weighted by molar-refractivity contribution is -0.0229. The molecule has 1 saturated heterocycles. The monoisotopic (exact) mass is 384 g/mol. The van der Waals surface area contributed by atoms with Gasteiger partial charge in [0.2, 0.25) is 0 Å². The maximum absolute atomic E-state index is 12.9. The van der Waals surface area contributed by atoms with Crippen molar-refractivity contribution in [2.75, 3.05) is 19.7 Å². The van der Waals surface area contributed by atoms with Crippen molar-refractivity contribution in [3.05, 3.63) is 70.3 Å². The normalized spacial score (nSPS) is 18.0. The van der Waals surface area contributed by atoms with Gasteiger partial charge in [-0.2, -0.15) is 0 Å². The van der Waals surface area contributed by atoms with Crippen LogP contribution in [0.15, 0.2) is 59.1 Å². The highest BCUT2D eigenvalue weighted by atomic mass is 79.9. The molecular weight excluding hydrogens is 368 g/mol. The molecule has 4 nitrogen and oxygen atoms in total. The summed E-state index contributed by atoms with van der Waals surface area (Å²) in [4.78, 5) is 17.9. The molecule has 1 atom stereocenters. The number of morpholine rings is 1. The number of aromatic amines is 1. The van der Waals surface area contributed by atoms with Crippen LogP contribution in [0, 0.1) is 0 Å². The number of ether oxygens (including phenoxy) is 1. The van der Waals surface area contributed by atoms with Gasteiger partial charge in [0, 0.05) is 21.9 Å².